The first-order valence-corrected chi connectivity index (χ1v) is 9.40. The van der Waals surface area contributed by atoms with Crippen molar-refractivity contribution in [2.45, 2.75) is 38.1 Å². The molecule has 1 unspecified atom stereocenters. The number of anilines is 2. The highest BCUT2D eigenvalue weighted by Crippen LogP contribution is 2.30. The molecule has 1 saturated heterocycles. The van der Waals surface area contributed by atoms with Crippen molar-refractivity contribution in [3.8, 4) is 0 Å². The number of nitrogens with zero attached hydrogens (tertiary/aromatic N) is 1. The second kappa shape index (κ2) is 7.36. The predicted octanol–water partition coefficient (Wildman–Crippen LogP) is 4.63. The smallest absolute Gasteiger partial charge is 0.319 e. The van der Waals surface area contributed by atoms with Gasteiger partial charge >= 0.3 is 6.03 Å². The zero-order chi connectivity index (χ0) is 17.9. The normalized spacial score (nSPS) is 19.1. The molecule has 4 nitrogen and oxygen atoms in total. The molecular formula is C21H24FN3O. The summed E-state index contributed by atoms with van der Waals surface area (Å²) in [6.45, 7) is 1.79. The van der Waals surface area contributed by atoms with E-state index < -0.39 is 0 Å². The van der Waals surface area contributed by atoms with Gasteiger partial charge in [0, 0.05) is 18.8 Å². The monoisotopic (exact) mass is 353 g/mol. The molecule has 0 saturated carbocycles. The van der Waals surface area contributed by atoms with Gasteiger partial charge < -0.3 is 15.5 Å². The highest BCUT2D eigenvalue weighted by molar-refractivity contribution is 5.89. The Labute approximate surface area is 153 Å². The minimum Gasteiger partial charge on any atom is -0.369 e. The van der Waals surface area contributed by atoms with E-state index >= 15 is 0 Å². The number of rotatable bonds is 3. The van der Waals surface area contributed by atoms with Gasteiger partial charge in [-0.2, -0.15) is 0 Å². The molecule has 4 rings (SSSR count). The fourth-order valence-electron chi connectivity index (χ4n) is 4.03. The van der Waals surface area contributed by atoms with Crippen molar-refractivity contribution in [1.29, 1.82) is 0 Å². The third-order valence-electron chi connectivity index (χ3n) is 5.33. The molecule has 136 valence electrons. The van der Waals surface area contributed by atoms with Gasteiger partial charge in [-0.25, -0.2) is 9.18 Å². The van der Waals surface area contributed by atoms with Crippen LogP contribution in [0.25, 0.3) is 0 Å². The molecular weight excluding hydrogens is 329 g/mol. The zero-order valence-electron chi connectivity index (χ0n) is 14.8. The molecule has 1 atom stereocenters. The van der Waals surface area contributed by atoms with Crippen LogP contribution in [0.15, 0.2) is 42.5 Å². The van der Waals surface area contributed by atoms with Gasteiger partial charge in [0.15, 0.2) is 0 Å². The Bertz CT molecular complexity index is 802. The van der Waals surface area contributed by atoms with E-state index in [0.717, 1.165) is 45.2 Å². The second-order valence-electron chi connectivity index (χ2n) is 7.10. The van der Waals surface area contributed by atoms with Crippen LogP contribution in [0.1, 0.15) is 42.9 Å². The van der Waals surface area contributed by atoms with Crippen molar-refractivity contribution in [3.05, 3.63) is 59.4 Å². The maximum atomic E-state index is 14.4. The summed E-state index contributed by atoms with van der Waals surface area (Å²) in [6, 6.07) is 12.9. The number of carbonyl (C=O) groups excluding carboxylic acids is 1. The molecule has 2 amide bonds. The van der Waals surface area contributed by atoms with Crippen LogP contribution in [0, 0.1) is 5.82 Å². The van der Waals surface area contributed by atoms with E-state index in [-0.39, 0.29) is 17.9 Å². The Kier molecular flexibility index (Phi) is 4.78. The molecule has 0 spiro atoms. The largest absolute Gasteiger partial charge is 0.369 e. The topological polar surface area (TPSA) is 44.4 Å². The van der Waals surface area contributed by atoms with E-state index in [9.17, 15) is 9.18 Å². The van der Waals surface area contributed by atoms with Gasteiger partial charge in [0.25, 0.3) is 0 Å². The molecule has 2 aromatic rings. The quantitative estimate of drug-likeness (QED) is 0.845. The number of urea groups is 1. The van der Waals surface area contributed by atoms with Crippen LogP contribution in [-0.2, 0) is 6.42 Å². The number of hydrogen-bond acceptors (Lipinski definition) is 2. The predicted molar refractivity (Wildman–Crippen MR) is 102 cm³/mol. The molecule has 2 N–H and O–H groups in total. The van der Waals surface area contributed by atoms with Gasteiger partial charge in [0.2, 0.25) is 0 Å². The molecule has 0 aromatic heterocycles. The van der Waals surface area contributed by atoms with E-state index in [0.29, 0.717) is 11.4 Å². The molecule has 2 aromatic carbocycles. The summed E-state index contributed by atoms with van der Waals surface area (Å²) >= 11 is 0. The Morgan fingerprint density at radius 1 is 1.08 bits per heavy atom. The lowest BCUT2D eigenvalue weighted by molar-refractivity contribution is 0.247. The first kappa shape index (κ1) is 16.9. The van der Waals surface area contributed by atoms with Crippen molar-refractivity contribution >= 4 is 17.4 Å². The molecule has 0 radical (unpaired) electrons. The Morgan fingerprint density at radius 2 is 1.88 bits per heavy atom. The molecule has 0 bridgehead atoms. The number of benzene rings is 2. The number of amides is 2. The first-order valence-electron chi connectivity index (χ1n) is 9.40. The van der Waals surface area contributed by atoms with Crippen LogP contribution < -0.4 is 15.5 Å². The second-order valence-corrected chi connectivity index (χ2v) is 7.10. The van der Waals surface area contributed by atoms with Crippen LogP contribution >= 0.6 is 0 Å². The van der Waals surface area contributed by atoms with Gasteiger partial charge in [0.1, 0.15) is 5.82 Å². The van der Waals surface area contributed by atoms with Crippen molar-refractivity contribution < 1.29 is 9.18 Å². The minimum absolute atomic E-state index is 0.00803. The van der Waals surface area contributed by atoms with Crippen molar-refractivity contribution in [1.82, 2.24) is 5.32 Å². The van der Waals surface area contributed by atoms with Crippen LogP contribution in [-0.4, -0.2) is 19.1 Å². The summed E-state index contributed by atoms with van der Waals surface area (Å²) in [5, 5.41) is 5.80. The third kappa shape index (κ3) is 3.52. The summed E-state index contributed by atoms with van der Waals surface area (Å²) in [4.78, 5) is 14.4. The number of carbonyl (C=O) groups is 1. The van der Waals surface area contributed by atoms with Gasteiger partial charge in [-0.15, -0.1) is 0 Å². The number of halogens is 1. The van der Waals surface area contributed by atoms with Crippen LogP contribution in [0.4, 0.5) is 20.6 Å². The number of aryl methyl sites for hydroxylation is 1. The van der Waals surface area contributed by atoms with Crippen LogP contribution in [0.5, 0.6) is 0 Å². The third-order valence-corrected chi connectivity index (χ3v) is 5.33. The molecule has 1 fully saturated rings. The molecule has 26 heavy (non-hydrogen) atoms. The van der Waals surface area contributed by atoms with Gasteiger partial charge in [-0.05, 0) is 61.4 Å². The minimum atomic E-state index is -0.292. The summed E-state index contributed by atoms with van der Waals surface area (Å²) < 4.78 is 14.4. The number of nitrogens with one attached hydrogen (secondary N) is 2. The Hall–Kier alpha value is -2.56. The Balaban J connectivity index is 1.42. The zero-order valence-corrected chi connectivity index (χ0v) is 14.8. The lowest BCUT2D eigenvalue weighted by Crippen LogP contribution is -2.34. The molecule has 1 aliphatic heterocycles. The van der Waals surface area contributed by atoms with E-state index in [4.69, 9.17) is 0 Å². The van der Waals surface area contributed by atoms with Crippen LogP contribution in [0.2, 0.25) is 0 Å². The first-order chi connectivity index (χ1) is 12.7. The SMILES string of the molecule is O=C(Nc1ccc(N2CCCC2)c(F)c1)NC1CCCc2ccccc21. The van der Waals surface area contributed by atoms with E-state index in [1.807, 2.05) is 12.1 Å². The summed E-state index contributed by atoms with van der Waals surface area (Å²) in [5.41, 5.74) is 3.58. The van der Waals surface area contributed by atoms with Crippen LogP contribution in [0.3, 0.4) is 0 Å². The average Bonchev–Trinajstić information content (AvgIpc) is 3.16. The summed E-state index contributed by atoms with van der Waals surface area (Å²) in [7, 11) is 0. The highest BCUT2D eigenvalue weighted by Gasteiger charge is 2.22. The van der Waals surface area contributed by atoms with Crippen molar-refractivity contribution in [2.75, 3.05) is 23.3 Å². The summed E-state index contributed by atoms with van der Waals surface area (Å²) in [5.74, 6) is -0.285. The lowest BCUT2D eigenvalue weighted by atomic mass is 9.88. The fraction of sp³-hybridized carbons (Fsp3) is 0.381. The molecule has 1 aliphatic carbocycles. The maximum Gasteiger partial charge on any atom is 0.319 e. The van der Waals surface area contributed by atoms with Gasteiger partial charge in [-0.3, -0.25) is 0 Å². The van der Waals surface area contributed by atoms with Crippen molar-refractivity contribution in [2.24, 2.45) is 0 Å². The summed E-state index contributed by atoms with van der Waals surface area (Å²) in [6.07, 6.45) is 5.24. The molecule has 2 aliphatic rings. The van der Waals surface area contributed by atoms with E-state index in [2.05, 4.69) is 27.7 Å². The van der Waals surface area contributed by atoms with Gasteiger partial charge in [0.05, 0.1) is 11.7 Å². The number of hydrogen-bond donors (Lipinski definition) is 2. The fourth-order valence-corrected chi connectivity index (χ4v) is 4.03. The van der Waals surface area contributed by atoms with Gasteiger partial charge in [-0.1, -0.05) is 24.3 Å². The standard InChI is InChI=1S/C21H24FN3O/c22-18-14-16(10-11-20(18)25-12-3-4-13-25)23-21(26)24-19-9-5-7-15-6-1-2-8-17(15)19/h1-2,6,8,10-11,14,19H,3-5,7,9,12-13H2,(H2,23,24,26). The molecule has 1 heterocycles. The maximum absolute atomic E-state index is 14.4. The van der Waals surface area contributed by atoms with E-state index in [1.54, 1.807) is 12.1 Å². The lowest BCUT2D eigenvalue weighted by Gasteiger charge is -2.26. The van der Waals surface area contributed by atoms with Crippen molar-refractivity contribution in [3.63, 3.8) is 0 Å². The van der Waals surface area contributed by atoms with E-state index in [1.165, 1.54) is 17.2 Å². The Morgan fingerprint density at radius 3 is 2.69 bits per heavy atom. The average molecular weight is 353 g/mol. The highest BCUT2D eigenvalue weighted by atomic mass is 19.1. The number of fused-ring (bicyclic) bond motifs is 1. The molecule has 5 heteroatoms.